The van der Waals surface area contributed by atoms with Crippen molar-refractivity contribution in [2.24, 2.45) is 5.73 Å². The highest BCUT2D eigenvalue weighted by atomic mass is 16.6. The minimum atomic E-state index is -0.413. The molecule has 1 aromatic heterocycles. The molecule has 0 saturated heterocycles. The summed E-state index contributed by atoms with van der Waals surface area (Å²) in [6, 6.07) is 9.54. The van der Waals surface area contributed by atoms with Crippen molar-refractivity contribution in [3.8, 4) is 0 Å². The first-order chi connectivity index (χ1) is 9.78. The van der Waals surface area contributed by atoms with E-state index in [1.807, 2.05) is 30.3 Å². The van der Waals surface area contributed by atoms with E-state index < -0.39 is 6.09 Å². The second-order valence-electron chi connectivity index (χ2n) is 4.50. The predicted octanol–water partition coefficient (Wildman–Crippen LogP) is 1.83. The standard InChI is InChI=1S/C14H15N3O3/c15-8-12-16-13-11(20-12)6-7-17(13)14(18)19-9-10-4-2-1-3-5-10/h1-5H,6-9,15H2. The Morgan fingerprint density at radius 2 is 2.20 bits per heavy atom. The number of carbonyl (C=O) groups excluding carboxylic acids is 1. The van der Waals surface area contributed by atoms with E-state index >= 15 is 0 Å². The van der Waals surface area contributed by atoms with Gasteiger partial charge in [0.25, 0.3) is 0 Å². The van der Waals surface area contributed by atoms with E-state index in [1.165, 1.54) is 4.90 Å². The molecule has 20 heavy (non-hydrogen) atoms. The molecular weight excluding hydrogens is 258 g/mol. The normalized spacial score (nSPS) is 13.3. The lowest BCUT2D eigenvalue weighted by atomic mass is 10.2. The molecule has 6 nitrogen and oxygen atoms in total. The number of anilines is 1. The molecule has 6 heteroatoms. The lowest BCUT2D eigenvalue weighted by molar-refractivity contribution is 0.147. The second kappa shape index (κ2) is 5.34. The van der Waals surface area contributed by atoms with Gasteiger partial charge in [-0.3, -0.25) is 4.90 Å². The fourth-order valence-electron chi connectivity index (χ4n) is 2.15. The van der Waals surface area contributed by atoms with Crippen LogP contribution in [0.3, 0.4) is 0 Å². The zero-order valence-electron chi connectivity index (χ0n) is 10.9. The minimum Gasteiger partial charge on any atom is -0.444 e. The van der Waals surface area contributed by atoms with Crippen molar-refractivity contribution in [3.05, 3.63) is 47.5 Å². The third kappa shape index (κ3) is 2.37. The van der Waals surface area contributed by atoms with Gasteiger partial charge in [0.2, 0.25) is 5.89 Å². The highest BCUT2D eigenvalue weighted by Gasteiger charge is 2.31. The molecule has 2 N–H and O–H groups in total. The van der Waals surface area contributed by atoms with Crippen molar-refractivity contribution >= 4 is 11.9 Å². The number of hydrogen-bond acceptors (Lipinski definition) is 5. The zero-order chi connectivity index (χ0) is 13.9. The fraction of sp³-hybridized carbons (Fsp3) is 0.286. The van der Waals surface area contributed by atoms with Crippen LogP contribution in [0.2, 0.25) is 0 Å². The Kier molecular flexibility index (Phi) is 3.39. The van der Waals surface area contributed by atoms with E-state index in [0.717, 1.165) is 5.56 Å². The zero-order valence-corrected chi connectivity index (χ0v) is 10.9. The maximum Gasteiger partial charge on any atom is 0.415 e. The maximum absolute atomic E-state index is 12.1. The third-order valence-corrected chi connectivity index (χ3v) is 3.14. The molecule has 1 amide bonds. The van der Waals surface area contributed by atoms with Crippen molar-refractivity contribution in [1.82, 2.24) is 4.98 Å². The topological polar surface area (TPSA) is 81.6 Å². The van der Waals surface area contributed by atoms with Crippen LogP contribution in [0.15, 0.2) is 34.7 Å². The molecular formula is C14H15N3O3. The van der Waals surface area contributed by atoms with Gasteiger partial charge in [0.05, 0.1) is 6.54 Å². The minimum absolute atomic E-state index is 0.222. The number of hydrogen-bond donors (Lipinski definition) is 1. The van der Waals surface area contributed by atoms with Gasteiger partial charge < -0.3 is 14.9 Å². The summed E-state index contributed by atoms with van der Waals surface area (Å²) in [5, 5.41) is 0. The van der Waals surface area contributed by atoms with Crippen molar-refractivity contribution in [1.29, 1.82) is 0 Å². The molecule has 2 aromatic rings. The predicted molar refractivity (Wildman–Crippen MR) is 72.1 cm³/mol. The number of fused-ring (bicyclic) bond motifs is 1. The molecule has 3 rings (SSSR count). The summed E-state index contributed by atoms with van der Waals surface area (Å²) in [4.78, 5) is 17.8. The van der Waals surface area contributed by atoms with Crippen LogP contribution in [0.5, 0.6) is 0 Å². The first-order valence-corrected chi connectivity index (χ1v) is 6.45. The Bertz CT molecular complexity index is 609. The average Bonchev–Trinajstić information content (AvgIpc) is 3.05. The van der Waals surface area contributed by atoms with Crippen LogP contribution in [0.1, 0.15) is 17.2 Å². The number of carbonyl (C=O) groups is 1. The first kappa shape index (κ1) is 12.7. The Balaban J connectivity index is 1.66. The lowest BCUT2D eigenvalue weighted by Gasteiger charge is -2.14. The largest absolute Gasteiger partial charge is 0.444 e. The quantitative estimate of drug-likeness (QED) is 0.922. The first-order valence-electron chi connectivity index (χ1n) is 6.45. The molecule has 1 aliphatic rings. The van der Waals surface area contributed by atoms with Gasteiger partial charge in [-0.2, -0.15) is 4.98 Å². The molecule has 2 heterocycles. The van der Waals surface area contributed by atoms with Crippen molar-refractivity contribution in [2.75, 3.05) is 11.4 Å². The van der Waals surface area contributed by atoms with E-state index in [4.69, 9.17) is 14.9 Å². The Morgan fingerprint density at radius 1 is 1.40 bits per heavy atom. The molecule has 0 atom stereocenters. The monoisotopic (exact) mass is 273 g/mol. The van der Waals surface area contributed by atoms with Gasteiger partial charge in [-0.15, -0.1) is 0 Å². The number of nitrogens with two attached hydrogens (primary N) is 1. The Morgan fingerprint density at radius 3 is 2.95 bits per heavy atom. The van der Waals surface area contributed by atoms with Crippen molar-refractivity contribution in [2.45, 2.75) is 19.6 Å². The Hall–Kier alpha value is -2.34. The number of rotatable bonds is 3. The van der Waals surface area contributed by atoms with Gasteiger partial charge in [0.1, 0.15) is 6.61 Å². The summed E-state index contributed by atoms with van der Waals surface area (Å²) in [7, 11) is 0. The third-order valence-electron chi connectivity index (χ3n) is 3.14. The van der Waals surface area contributed by atoms with Crippen LogP contribution in [-0.4, -0.2) is 17.6 Å². The Labute approximate surface area is 116 Å². The fourth-order valence-corrected chi connectivity index (χ4v) is 2.15. The number of amides is 1. The summed E-state index contributed by atoms with van der Waals surface area (Å²) in [6.45, 7) is 0.993. The lowest BCUT2D eigenvalue weighted by Crippen LogP contribution is -2.30. The van der Waals surface area contributed by atoms with Gasteiger partial charge >= 0.3 is 6.09 Å². The summed E-state index contributed by atoms with van der Waals surface area (Å²) in [5.41, 5.74) is 6.42. The van der Waals surface area contributed by atoms with Gasteiger partial charge in [-0.05, 0) is 5.56 Å². The smallest absolute Gasteiger partial charge is 0.415 e. The number of ether oxygens (including phenoxy) is 1. The van der Waals surface area contributed by atoms with E-state index in [0.29, 0.717) is 30.4 Å². The SMILES string of the molecule is NCc1nc2c(o1)CCN2C(=O)OCc1ccccc1. The summed E-state index contributed by atoms with van der Waals surface area (Å²) in [6.07, 6.45) is 0.229. The highest BCUT2D eigenvalue weighted by Crippen LogP contribution is 2.28. The number of aromatic nitrogens is 1. The number of oxazole rings is 1. The van der Waals surface area contributed by atoms with E-state index in [9.17, 15) is 4.79 Å². The molecule has 0 radical (unpaired) electrons. The molecule has 0 spiro atoms. The molecule has 0 fully saturated rings. The maximum atomic E-state index is 12.1. The molecule has 0 bridgehead atoms. The van der Waals surface area contributed by atoms with E-state index in [1.54, 1.807) is 0 Å². The van der Waals surface area contributed by atoms with Gasteiger partial charge in [0, 0.05) is 13.0 Å². The van der Waals surface area contributed by atoms with Crippen LogP contribution >= 0.6 is 0 Å². The molecule has 1 aliphatic heterocycles. The summed E-state index contributed by atoms with van der Waals surface area (Å²) in [5.74, 6) is 1.67. The summed E-state index contributed by atoms with van der Waals surface area (Å²) >= 11 is 0. The molecule has 0 saturated carbocycles. The van der Waals surface area contributed by atoms with E-state index in [2.05, 4.69) is 4.98 Å². The molecule has 1 aromatic carbocycles. The van der Waals surface area contributed by atoms with Crippen LogP contribution in [0.4, 0.5) is 10.6 Å². The average molecular weight is 273 g/mol. The van der Waals surface area contributed by atoms with Crippen LogP contribution in [0, 0.1) is 0 Å². The van der Waals surface area contributed by atoms with Crippen molar-refractivity contribution < 1.29 is 13.9 Å². The molecule has 0 unspecified atom stereocenters. The highest BCUT2D eigenvalue weighted by molar-refractivity contribution is 5.88. The second-order valence-corrected chi connectivity index (χ2v) is 4.50. The van der Waals surface area contributed by atoms with Gasteiger partial charge in [-0.1, -0.05) is 30.3 Å². The molecule has 104 valence electrons. The van der Waals surface area contributed by atoms with Gasteiger partial charge in [-0.25, -0.2) is 4.79 Å². The molecule has 0 aliphatic carbocycles. The van der Waals surface area contributed by atoms with E-state index in [-0.39, 0.29) is 13.2 Å². The van der Waals surface area contributed by atoms with Crippen molar-refractivity contribution in [3.63, 3.8) is 0 Å². The van der Waals surface area contributed by atoms with Gasteiger partial charge in [0.15, 0.2) is 11.6 Å². The number of benzene rings is 1. The van der Waals surface area contributed by atoms with Crippen LogP contribution < -0.4 is 10.6 Å². The number of nitrogens with zero attached hydrogens (tertiary/aromatic N) is 2. The summed E-state index contributed by atoms with van der Waals surface area (Å²) < 4.78 is 10.7. The van der Waals surface area contributed by atoms with Crippen LogP contribution in [-0.2, 0) is 24.3 Å². The van der Waals surface area contributed by atoms with Crippen LogP contribution in [0.25, 0.3) is 0 Å².